The quantitative estimate of drug-likeness (QED) is 0.638. The Labute approximate surface area is 133 Å². The first kappa shape index (κ1) is 15.6. The second-order valence-electron chi connectivity index (χ2n) is 4.26. The maximum absolute atomic E-state index is 6.43. The summed E-state index contributed by atoms with van der Waals surface area (Å²) < 4.78 is 11.1. The molecule has 2 aromatic rings. The summed E-state index contributed by atoms with van der Waals surface area (Å²) in [5, 5.41) is 0.516. The number of halogens is 3. The summed E-state index contributed by atoms with van der Waals surface area (Å²) >= 11 is 18.9. The summed E-state index contributed by atoms with van der Waals surface area (Å²) in [7, 11) is 0. The van der Waals surface area contributed by atoms with Crippen LogP contribution in [0.4, 0.5) is 0 Å². The van der Waals surface area contributed by atoms with Crippen LogP contribution >= 0.6 is 34.8 Å². The Balaban J connectivity index is 2.34. The van der Waals surface area contributed by atoms with Gasteiger partial charge in [0.1, 0.15) is 22.6 Å². The molecule has 1 aromatic heterocycles. The van der Waals surface area contributed by atoms with E-state index < -0.39 is 5.38 Å². The minimum Gasteiger partial charge on any atom is -0.492 e. The lowest BCUT2D eigenvalue weighted by Gasteiger charge is -2.13. The molecule has 1 unspecified atom stereocenters. The second-order valence-corrected chi connectivity index (χ2v) is 5.51. The maximum Gasteiger partial charge on any atom is 0.139 e. The first-order chi connectivity index (χ1) is 9.56. The van der Waals surface area contributed by atoms with Crippen molar-refractivity contribution in [1.82, 2.24) is 0 Å². The molecule has 5 heteroatoms. The summed E-state index contributed by atoms with van der Waals surface area (Å²) in [4.78, 5) is 0. The molecule has 1 atom stereocenters. The Hall–Kier alpha value is -0.830. The first-order valence-electron chi connectivity index (χ1n) is 6.41. The van der Waals surface area contributed by atoms with E-state index in [1.807, 2.05) is 26.0 Å². The highest BCUT2D eigenvalue weighted by molar-refractivity contribution is 6.36. The van der Waals surface area contributed by atoms with Crippen LogP contribution in [0, 0.1) is 0 Å². The number of hydrogen-bond donors (Lipinski definition) is 0. The molecule has 0 fully saturated rings. The highest BCUT2D eigenvalue weighted by Crippen LogP contribution is 2.39. The van der Waals surface area contributed by atoms with Crippen molar-refractivity contribution in [2.75, 3.05) is 6.61 Å². The molecule has 0 aliphatic rings. The van der Waals surface area contributed by atoms with Crippen LogP contribution in [0.25, 0.3) is 0 Å². The standard InChI is InChI=1S/C15H15Cl3O2/c1-3-9-5-6-13(20-9)15(18)10-7-12(17)14(19-4-2)8-11(10)16/h5-8,15H,3-4H2,1-2H3. The predicted octanol–water partition coefficient (Wildman–Crippen LogP) is 5.88. The maximum atomic E-state index is 6.43. The molecule has 0 radical (unpaired) electrons. The fourth-order valence-electron chi connectivity index (χ4n) is 1.88. The Morgan fingerprint density at radius 1 is 1.15 bits per heavy atom. The Bertz CT molecular complexity index is 593. The van der Waals surface area contributed by atoms with Crippen LogP contribution in [0.15, 0.2) is 28.7 Å². The van der Waals surface area contributed by atoms with Crippen molar-refractivity contribution in [3.05, 3.63) is 51.4 Å². The number of furan rings is 1. The van der Waals surface area contributed by atoms with Crippen molar-refractivity contribution < 1.29 is 9.15 Å². The van der Waals surface area contributed by atoms with E-state index >= 15 is 0 Å². The van der Waals surface area contributed by atoms with E-state index in [4.69, 9.17) is 44.0 Å². The van der Waals surface area contributed by atoms with Gasteiger partial charge >= 0.3 is 0 Å². The van der Waals surface area contributed by atoms with E-state index in [1.165, 1.54) is 0 Å². The molecular formula is C15H15Cl3O2. The van der Waals surface area contributed by atoms with Gasteiger partial charge in [0.15, 0.2) is 0 Å². The van der Waals surface area contributed by atoms with Crippen molar-refractivity contribution in [1.29, 1.82) is 0 Å². The van der Waals surface area contributed by atoms with Crippen LogP contribution in [-0.2, 0) is 6.42 Å². The second kappa shape index (κ2) is 6.75. The van der Waals surface area contributed by atoms with E-state index in [0.29, 0.717) is 33.7 Å². The van der Waals surface area contributed by atoms with Gasteiger partial charge in [0.25, 0.3) is 0 Å². The van der Waals surface area contributed by atoms with Crippen LogP contribution in [0.3, 0.4) is 0 Å². The third-order valence-electron chi connectivity index (χ3n) is 2.90. The molecule has 0 bridgehead atoms. The minimum atomic E-state index is -0.476. The third kappa shape index (κ3) is 3.25. The van der Waals surface area contributed by atoms with E-state index in [0.717, 1.165) is 12.2 Å². The molecular weight excluding hydrogens is 319 g/mol. The molecule has 0 aliphatic carbocycles. The SMILES string of the molecule is CCOc1cc(Cl)c(C(Cl)c2ccc(CC)o2)cc1Cl. The van der Waals surface area contributed by atoms with Crippen LogP contribution in [0.5, 0.6) is 5.75 Å². The first-order valence-corrected chi connectivity index (χ1v) is 7.60. The van der Waals surface area contributed by atoms with E-state index in [-0.39, 0.29) is 0 Å². The summed E-state index contributed by atoms with van der Waals surface area (Å²) in [5.41, 5.74) is 0.707. The molecule has 0 saturated carbocycles. The molecule has 0 N–H and O–H groups in total. The molecule has 0 amide bonds. The summed E-state index contributed by atoms with van der Waals surface area (Å²) in [5.74, 6) is 2.10. The topological polar surface area (TPSA) is 22.4 Å². The van der Waals surface area contributed by atoms with Crippen molar-refractivity contribution in [3.8, 4) is 5.75 Å². The van der Waals surface area contributed by atoms with Gasteiger partial charge in [0.2, 0.25) is 0 Å². The van der Waals surface area contributed by atoms with E-state index in [1.54, 1.807) is 12.1 Å². The molecule has 1 aromatic carbocycles. The van der Waals surface area contributed by atoms with Gasteiger partial charge in [-0.3, -0.25) is 0 Å². The summed E-state index contributed by atoms with van der Waals surface area (Å²) in [6, 6.07) is 7.18. The largest absolute Gasteiger partial charge is 0.492 e. The monoisotopic (exact) mass is 332 g/mol. The molecule has 2 rings (SSSR count). The summed E-state index contributed by atoms with van der Waals surface area (Å²) in [6.07, 6.45) is 0.821. The van der Waals surface area contributed by atoms with Gasteiger partial charge in [-0.1, -0.05) is 30.1 Å². The lowest BCUT2D eigenvalue weighted by atomic mass is 10.1. The number of rotatable bonds is 5. The molecule has 0 aliphatic heterocycles. The molecule has 2 nitrogen and oxygen atoms in total. The zero-order chi connectivity index (χ0) is 14.7. The van der Waals surface area contributed by atoms with E-state index in [9.17, 15) is 0 Å². The smallest absolute Gasteiger partial charge is 0.139 e. The Kier molecular flexibility index (Phi) is 5.25. The van der Waals surface area contributed by atoms with Gasteiger partial charge in [0.05, 0.1) is 11.6 Å². The van der Waals surface area contributed by atoms with Crippen LogP contribution in [-0.4, -0.2) is 6.61 Å². The highest BCUT2D eigenvalue weighted by atomic mass is 35.5. The fourth-order valence-corrected chi connectivity index (χ4v) is 2.72. The van der Waals surface area contributed by atoms with Gasteiger partial charge in [-0.2, -0.15) is 0 Å². The lowest BCUT2D eigenvalue weighted by molar-refractivity contribution is 0.340. The zero-order valence-electron chi connectivity index (χ0n) is 11.3. The van der Waals surface area contributed by atoms with Crippen LogP contribution in [0.2, 0.25) is 10.0 Å². The Morgan fingerprint density at radius 2 is 1.90 bits per heavy atom. The van der Waals surface area contributed by atoms with Crippen molar-refractivity contribution in [2.24, 2.45) is 0 Å². The molecule has 0 spiro atoms. The zero-order valence-corrected chi connectivity index (χ0v) is 13.5. The molecule has 0 saturated heterocycles. The molecule has 1 heterocycles. The lowest BCUT2D eigenvalue weighted by Crippen LogP contribution is -1.97. The number of benzene rings is 1. The van der Waals surface area contributed by atoms with Crippen LogP contribution < -0.4 is 4.74 Å². The van der Waals surface area contributed by atoms with Gasteiger partial charge in [-0.15, -0.1) is 11.6 Å². The summed E-state index contributed by atoms with van der Waals surface area (Å²) in [6.45, 7) is 4.43. The Morgan fingerprint density at radius 3 is 2.50 bits per heavy atom. The van der Waals surface area contributed by atoms with Gasteiger partial charge < -0.3 is 9.15 Å². The van der Waals surface area contributed by atoms with Gasteiger partial charge in [0, 0.05) is 17.5 Å². The normalized spacial score (nSPS) is 12.4. The predicted molar refractivity (Wildman–Crippen MR) is 83.4 cm³/mol. The van der Waals surface area contributed by atoms with Gasteiger partial charge in [-0.25, -0.2) is 0 Å². The number of alkyl halides is 1. The molecule has 20 heavy (non-hydrogen) atoms. The van der Waals surface area contributed by atoms with Crippen LogP contribution in [0.1, 0.15) is 36.3 Å². The van der Waals surface area contributed by atoms with Crippen molar-refractivity contribution >= 4 is 34.8 Å². The number of hydrogen-bond acceptors (Lipinski definition) is 2. The minimum absolute atomic E-state index is 0.476. The average molecular weight is 334 g/mol. The van der Waals surface area contributed by atoms with E-state index in [2.05, 4.69) is 0 Å². The highest BCUT2D eigenvalue weighted by Gasteiger charge is 2.20. The average Bonchev–Trinajstić information content (AvgIpc) is 2.91. The fraction of sp³-hybridized carbons (Fsp3) is 0.333. The number of ether oxygens (including phenoxy) is 1. The molecule has 108 valence electrons. The van der Waals surface area contributed by atoms with Crippen molar-refractivity contribution in [3.63, 3.8) is 0 Å². The van der Waals surface area contributed by atoms with Gasteiger partial charge in [-0.05, 0) is 30.7 Å². The van der Waals surface area contributed by atoms with Crippen molar-refractivity contribution in [2.45, 2.75) is 25.6 Å². The third-order valence-corrected chi connectivity index (χ3v) is 3.98. The number of aryl methyl sites for hydroxylation is 1.